The van der Waals surface area contributed by atoms with Crippen LogP contribution in [0.25, 0.3) is 16.8 Å². The maximum absolute atomic E-state index is 13.3. The van der Waals surface area contributed by atoms with Gasteiger partial charge in [0, 0.05) is 48.2 Å². The minimum Gasteiger partial charge on any atom is -0.382 e. The number of carbonyl (C=O) groups is 2. The van der Waals surface area contributed by atoms with Crippen LogP contribution >= 0.6 is 0 Å². The zero-order valence-electron chi connectivity index (χ0n) is 24.3. The number of pyridine rings is 1. The van der Waals surface area contributed by atoms with Crippen molar-refractivity contribution in [3.63, 3.8) is 0 Å². The van der Waals surface area contributed by atoms with E-state index in [0.717, 1.165) is 42.7 Å². The van der Waals surface area contributed by atoms with Gasteiger partial charge >= 0.3 is 6.18 Å². The summed E-state index contributed by atoms with van der Waals surface area (Å²) in [5.41, 5.74) is 8.11. The molecule has 44 heavy (non-hydrogen) atoms. The lowest BCUT2D eigenvalue weighted by Gasteiger charge is -2.42. The second-order valence-corrected chi connectivity index (χ2v) is 11.6. The number of piperidine rings is 1. The van der Waals surface area contributed by atoms with Crippen LogP contribution in [0.1, 0.15) is 60.0 Å². The topological polar surface area (TPSA) is 128 Å². The average molecular weight is 608 g/mol. The molecule has 0 aliphatic carbocycles. The van der Waals surface area contributed by atoms with Gasteiger partial charge in [-0.05, 0) is 50.5 Å². The van der Waals surface area contributed by atoms with E-state index >= 15 is 0 Å². The summed E-state index contributed by atoms with van der Waals surface area (Å²) in [6, 6.07) is 8.19. The Morgan fingerprint density at radius 1 is 1.16 bits per heavy atom. The molecule has 0 saturated carbocycles. The van der Waals surface area contributed by atoms with Crippen LogP contribution in [0.3, 0.4) is 0 Å². The fourth-order valence-corrected chi connectivity index (χ4v) is 5.88. The van der Waals surface area contributed by atoms with E-state index in [1.165, 1.54) is 0 Å². The smallest absolute Gasteiger partial charge is 0.382 e. The van der Waals surface area contributed by atoms with Crippen LogP contribution in [-0.4, -0.2) is 62.4 Å². The lowest BCUT2D eigenvalue weighted by molar-refractivity contribution is -0.170. The van der Waals surface area contributed by atoms with Crippen molar-refractivity contribution in [1.82, 2.24) is 24.3 Å². The molecule has 3 N–H and O–H groups in total. The monoisotopic (exact) mass is 607 g/mol. The van der Waals surface area contributed by atoms with Gasteiger partial charge in [-0.25, -0.2) is 15.0 Å². The Morgan fingerprint density at radius 2 is 1.91 bits per heavy atom. The van der Waals surface area contributed by atoms with Crippen LogP contribution in [0, 0.1) is 5.41 Å². The largest absolute Gasteiger partial charge is 0.416 e. The molecule has 6 rings (SSSR count). The van der Waals surface area contributed by atoms with Crippen LogP contribution in [-0.2, 0) is 22.1 Å². The lowest BCUT2D eigenvalue weighted by atomic mass is 9.85. The number of hydrogen-bond donors (Lipinski definition) is 2. The fourth-order valence-electron chi connectivity index (χ4n) is 5.88. The van der Waals surface area contributed by atoms with Crippen LogP contribution < -0.4 is 11.1 Å². The first-order valence-corrected chi connectivity index (χ1v) is 14.5. The molecule has 0 radical (unpaired) electrons. The molecule has 2 aliphatic rings. The fraction of sp³-hybridized carbons (Fsp3) is 0.387. The molecule has 0 spiro atoms. The summed E-state index contributed by atoms with van der Waals surface area (Å²) >= 11 is 0. The molecule has 2 aliphatic heterocycles. The van der Waals surface area contributed by atoms with Crippen LogP contribution in [0.15, 0.2) is 48.8 Å². The second kappa shape index (κ2) is 11.2. The minimum absolute atomic E-state index is 0.0318. The molecule has 2 saturated heterocycles. The Labute approximate surface area is 251 Å². The van der Waals surface area contributed by atoms with Gasteiger partial charge in [0.2, 0.25) is 5.91 Å². The van der Waals surface area contributed by atoms with Crippen molar-refractivity contribution in [3.05, 3.63) is 71.4 Å². The quantitative estimate of drug-likeness (QED) is 0.318. The van der Waals surface area contributed by atoms with Gasteiger partial charge in [0.05, 0.1) is 24.2 Å². The van der Waals surface area contributed by atoms with Gasteiger partial charge < -0.3 is 20.7 Å². The highest BCUT2D eigenvalue weighted by atomic mass is 19.4. The van der Waals surface area contributed by atoms with E-state index in [9.17, 15) is 22.8 Å². The van der Waals surface area contributed by atoms with Crippen molar-refractivity contribution in [1.29, 1.82) is 0 Å². The number of nitrogens with two attached hydrogens (primary N) is 1. The summed E-state index contributed by atoms with van der Waals surface area (Å²) in [4.78, 5) is 41.4. The number of anilines is 2. The maximum atomic E-state index is 13.3. The number of rotatable bonds is 6. The first kappa shape index (κ1) is 29.5. The highest BCUT2D eigenvalue weighted by Gasteiger charge is 2.45. The molecule has 4 aromatic rings. The standard InChI is InChI=1S/C31H32F3N7O3/c1-3-22-14-37-26(35)25-24(39-27(41(22)25)20-5-4-12-40(15-20)29(43)30(2)16-44-17-30)18-6-8-19(9-7-18)28(42)38-23-13-21(10-11-36-23)31(32,33)34/h6-11,13-14,20H,3-5,12,15-17H2,1-2H3,(H2,35,37)(H,36,38,42)/t20-/m1/s1. The Morgan fingerprint density at radius 3 is 2.57 bits per heavy atom. The number of aromatic nitrogens is 4. The maximum Gasteiger partial charge on any atom is 0.416 e. The number of likely N-dealkylation sites (tertiary alicyclic amines) is 1. The first-order chi connectivity index (χ1) is 21.0. The van der Waals surface area contributed by atoms with E-state index in [4.69, 9.17) is 15.5 Å². The van der Waals surface area contributed by atoms with Crippen LogP contribution in [0.4, 0.5) is 24.8 Å². The molecule has 5 heterocycles. The summed E-state index contributed by atoms with van der Waals surface area (Å²) in [7, 11) is 0. The number of halogens is 3. The second-order valence-electron chi connectivity index (χ2n) is 11.6. The molecular formula is C31H32F3N7O3. The Balaban J connectivity index is 1.31. The predicted molar refractivity (Wildman–Crippen MR) is 157 cm³/mol. The molecule has 1 aromatic carbocycles. The SMILES string of the molecule is CCc1cnc(N)c2c(-c3ccc(C(=O)Nc4cc(C(F)(F)F)ccn4)cc3)nc([C@@H]3CCCN(C(=O)C4(C)COC4)C3)n12. The third-order valence-electron chi connectivity index (χ3n) is 8.33. The van der Waals surface area contributed by atoms with Crippen molar-refractivity contribution in [2.75, 3.05) is 37.4 Å². The number of ether oxygens (including phenoxy) is 1. The van der Waals surface area contributed by atoms with Gasteiger partial charge in [-0.2, -0.15) is 13.2 Å². The van der Waals surface area contributed by atoms with Gasteiger partial charge in [-0.15, -0.1) is 0 Å². The number of amides is 2. The van der Waals surface area contributed by atoms with Crippen molar-refractivity contribution in [2.45, 2.75) is 45.2 Å². The summed E-state index contributed by atoms with van der Waals surface area (Å²) in [6.45, 7) is 6.03. The number of nitrogens with one attached hydrogen (secondary N) is 1. The summed E-state index contributed by atoms with van der Waals surface area (Å²) < 4.78 is 46.6. The molecule has 1 atom stereocenters. The van der Waals surface area contributed by atoms with E-state index in [-0.39, 0.29) is 23.2 Å². The number of benzene rings is 1. The van der Waals surface area contributed by atoms with Gasteiger partial charge in [-0.3, -0.25) is 14.0 Å². The molecule has 13 heteroatoms. The predicted octanol–water partition coefficient (Wildman–Crippen LogP) is 4.95. The minimum atomic E-state index is -4.56. The Kier molecular flexibility index (Phi) is 7.52. The van der Waals surface area contributed by atoms with Crippen molar-refractivity contribution < 1.29 is 27.5 Å². The van der Waals surface area contributed by atoms with E-state index in [1.807, 2.05) is 23.1 Å². The molecule has 230 valence electrons. The highest BCUT2D eigenvalue weighted by molar-refractivity contribution is 6.04. The molecule has 2 fully saturated rings. The van der Waals surface area contributed by atoms with Crippen molar-refractivity contribution in [3.8, 4) is 11.3 Å². The molecule has 10 nitrogen and oxygen atoms in total. The van der Waals surface area contributed by atoms with E-state index < -0.39 is 23.1 Å². The number of fused-ring (bicyclic) bond motifs is 1. The summed E-state index contributed by atoms with van der Waals surface area (Å²) in [5, 5.41) is 2.42. The Bertz CT molecular complexity index is 1730. The number of nitrogens with zero attached hydrogens (tertiary/aromatic N) is 5. The van der Waals surface area contributed by atoms with E-state index in [0.29, 0.717) is 55.3 Å². The number of imidazole rings is 1. The van der Waals surface area contributed by atoms with Crippen molar-refractivity contribution in [2.24, 2.45) is 5.41 Å². The van der Waals surface area contributed by atoms with E-state index in [1.54, 1.807) is 30.5 Å². The van der Waals surface area contributed by atoms with Crippen molar-refractivity contribution >= 4 is 29.0 Å². The first-order valence-electron chi connectivity index (χ1n) is 14.5. The third kappa shape index (κ3) is 5.36. The molecule has 0 unspecified atom stereocenters. The number of alkyl halides is 3. The van der Waals surface area contributed by atoms with E-state index in [2.05, 4.69) is 15.3 Å². The molecule has 2 amide bonds. The van der Waals surface area contributed by atoms with Crippen LogP contribution in [0.2, 0.25) is 0 Å². The number of hydrogen-bond acceptors (Lipinski definition) is 7. The zero-order valence-corrected chi connectivity index (χ0v) is 24.3. The lowest BCUT2D eigenvalue weighted by Crippen LogP contribution is -2.55. The number of aryl methyl sites for hydroxylation is 1. The van der Waals surface area contributed by atoms with Gasteiger partial charge in [0.15, 0.2) is 0 Å². The molecule has 0 bridgehead atoms. The average Bonchev–Trinajstić information content (AvgIpc) is 3.41. The Hall–Kier alpha value is -4.52. The number of nitrogen functional groups attached to an aromatic ring is 1. The van der Waals surface area contributed by atoms with Gasteiger partial charge in [0.25, 0.3) is 5.91 Å². The van der Waals surface area contributed by atoms with Gasteiger partial charge in [-0.1, -0.05) is 19.1 Å². The van der Waals surface area contributed by atoms with Gasteiger partial charge in [0.1, 0.15) is 28.7 Å². The zero-order chi connectivity index (χ0) is 31.2. The molecule has 3 aromatic heterocycles. The molecular weight excluding hydrogens is 575 g/mol. The highest BCUT2D eigenvalue weighted by Crippen LogP contribution is 2.37. The third-order valence-corrected chi connectivity index (χ3v) is 8.33. The number of carbonyl (C=O) groups excluding carboxylic acids is 2. The summed E-state index contributed by atoms with van der Waals surface area (Å²) in [5.74, 6) is 0.354. The van der Waals surface area contributed by atoms with Crippen LogP contribution in [0.5, 0.6) is 0 Å². The summed E-state index contributed by atoms with van der Waals surface area (Å²) in [6.07, 6.45) is 0.550. The normalized spacial score (nSPS) is 18.2.